The molecule has 110 valence electrons. The van der Waals surface area contributed by atoms with Crippen LogP contribution in [0.15, 0.2) is 16.6 Å². The quantitative estimate of drug-likeness (QED) is 0.826. The molecule has 1 unspecified atom stereocenters. The molecule has 1 atom stereocenters. The third kappa shape index (κ3) is 3.35. The van der Waals surface area contributed by atoms with Crippen molar-refractivity contribution in [1.82, 2.24) is 0 Å². The summed E-state index contributed by atoms with van der Waals surface area (Å²) < 4.78 is 6.52. The van der Waals surface area contributed by atoms with Crippen LogP contribution in [0.25, 0.3) is 0 Å². The molecule has 0 saturated heterocycles. The van der Waals surface area contributed by atoms with Gasteiger partial charge in [-0.25, -0.2) is 0 Å². The molecule has 1 aliphatic rings. The van der Waals surface area contributed by atoms with E-state index >= 15 is 0 Å². The smallest absolute Gasteiger partial charge is 0.303 e. The number of carbonyl (C=O) groups is 1. The second-order valence-electron chi connectivity index (χ2n) is 5.82. The summed E-state index contributed by atoms with van der Waals surface area (Å²) in [6.45, 7) is 4.25. The molecule has 0 bridgehead atoms. The number of hydrogen-bond donors (Lipinski definition) is 1. The number of rotatable bonds is 6. The van der Waals surface area contributed by atoms with Crippen LogP contribution in [0.1, 0.15) is 56.1 Å². The minimum absolute atomic E-state index is 0.0962. The van der Waals surface area contributed by atoms with Crippen molar-refractivity contribution < 1.29 is 14.6 Å². The van der Waals surface area contributed by atoms with Gasteiger partial charge in [0.2, 0.25) is 0 Å². The van der Waals surface area contributed by atoms with Crippen LogP contribution in [0.3, 0.4) is 0 Å². The van der Waals surface area contributed by atoms with Gasteiger partial charge < -0.3 is 9.84 Å². The van der Waals surface area contributed by atoms with Crippen LogP contribution in [-0.4, -0.2) is 18.2 Å². The van der Waals surface area contributed by atoms with Crippen molar-refractivity contribution in [3.63, 3.8) is 0 Å². The first-order valence-corrected chi connectivity index (χ1v) is 7.82. The van der Waals surface area contributed by atoms with E-state index in [0.29, 0.717) is 11.8 Å². The standard InChI is InChI=1S/C16H21BrO3/c1-9(2)16-13(17)6-11(7-14(16)20-3)12(8-15(18)19)10-4-5-10/h6-7,9-10,12H,4-5,8H2,1-3H3,(H,18,19). The molecule has 1 aliphatic carbocycles. The van der Waals surface area contributed by atoms with E-state index in [9.17, 15) is 4.79 Å². The number of hydrogen-bond acceptors (Lipinski definition) is 2. The van der Waals surface area contributed by atoms with E-state index < -0.39 is 5.97 Å². The second kappa shape index (κ2) is 6.17. The molecular weight excluding hydrogens is 320 g/mol. The second-order valence-corrected chi connectivity index (χ2v) is 6.67. The average molecular weight is 341 g/mol. The van der Waals surface area contributed by atoms with E-state index in [2.05, 4.69) is 35.8 Å². The molecule has 0 radical (unpaired) electrons. The first kappa shape index (κ1) is 15.4. The van der Waals surface area contributed by atoms with Gasteiger partial charge in [0.1, 0.15) is 5.75 Å². The van der Waals surface area contributed by atoms with Crippen molar-refractivity contribution in [2.45, 2.75) is 44.9 Å². The molecule has 1 aromatic rings. The Bertz CT molecular complexity index is 507. The zero-order valence-corrected chi connectivity index (χ0v) is 13.7. The van der Waals surface area contributed by atoms with E-state index in [1.54, 1.807) is 7.11 Å². The maximum absolute atomic E-state index is 11.1. The lowest BCUT2D eigenvalue weighted by Gasteiger charge is -2.20. The van der Waals surface area contributed by atoms with E-state index in [0.717, 1.165) is 34.2 Å². The van der Waals surface area contributed by atoms with Gasteiger partial charge in [-0.05, 0) is 48.3 Å². The van der Waals surface area contributed by atoms with E-state index in [-0.39, 0.29) is 12.3 Å². The Morgan fingerprint density at radius 2 is 2.10 bits per heavy atom. The molecule has 0 aromatic heterocycles. The molecule has 3 nitrogen and oxygen atoms in total. The number of carboxylic acid groups (broad SMARTS) is 1. The number of ether oxygens (including phenoxy) is 1. The zero-order chi connectivity index (χ0) is 14.9. The van der Waals surface area contributed by atoms with Crippen molar-refractivity contribution in [2.24, 2.45) is 5.92 Å². The minimum atomic E-state index is -0.732. The fraction of sp³-hybridized carbons (Fsp3) is 0.562. The highest BCUT2D eigenvalue weighted by molar-refractivity contribution is 9.10. The number of carboxylic acids is 1. The molecule has 0 amide bonds. The van der Waals surface area contributed by atoms with E-state index in [1.165, 1.54) is 0 Å². The SMILES string of the molecule is COc1cc(C(CC(=O)O)C2CC2)cc(Br)c1C(C)C. The highest BCUT2D eigenvalue weighted by atomic mass is 79.9. The predicted octanol–water partition coefficient (Wildman–Crippen LogP) is 4.55. The Labute approximate surface area is 128 Å². The molecular formula is C16H21BrO3. The average Bonchev–Trinajstić information content (AvgIpc) is 3.18. The van der Waals surface area contributed by atoms with Crippen LogP contribution < -0.4 is 4.74 Å². The molecule has 1 aromatic carbocycles. The molecule has 4 heteroatoms. The number of benzene rings is 1. The normalized spacial score (nSPS) is 16.2. The molecule has 2 rings (SSSR count). The predicted molar refractivity (Wildman–Crippen MR) is 82.5 cm³/mol. The van der Waals surface area contributed by atoms with Crippen molar-refractivity contribution in [3.8, 4) is 5.75 Å². The van der Waals surface area contributed by atoms with Gasteiger partial charge in [-0.2, -0.15) is 0 Å². The van der Waals surface area contributed by atoms with Gasteiger partial charge in [0.05, 0.1) is 13.5 Å². The van der Waals surface area contributed by atoms with Gasteiger partial charge >= 0.3 is 5.97 Å². The summed E-state index contributed by atoms with van der Waals surface area (Å²) in [7, 11) is 1.67. The summed E-state index contributed by atoms with van der Waals surface area (Å²) in [5, 5.41) is 9.12. The van der Waals surface area contributed by atoms with Crippen LogP contribution in [0.4, 0.5) is 0 Å². The minimum Gasteiger partial charge on any atom is -0.496 e. The Kier molecular flexibility index (Phi) is 4.74. The summed E-state index contributed by atoms with van der Waals surface area (Å²) in [6.07, 6.45) is 2.45. The zero-order valence-electron chi connectivity index (χ0n) is 12.1. The number of halogens is 1. The van der Waals surface area contributed by atoms with Gasteiger partial charge in [0.25, 0.3) is 0 Å². The van der Waals surface area contributed by atoms with Crippen molar-refractivity contribution in [3.05, 3.63) is 27.7 Å². The first-order chi connectivity index (χ1) is 9.43. The van der Waals surface area contributed by atoms with Crippen LogP contribution >= 0.6 is 15.9 Å². The van der Waals surface area contributed by atoms with Crippen LogP contribution in [0.5, 0.6) is 5.75 Å². The molecule has 0 spiro atoms. The molecule has 1 N–H and O–H groups in total. The maximum Gasteiger partial charge on any atom is 0.303 e. The van der Waals surface area contributed by atoms with Crippen LogP contribution in [-0.2, 0) is 4.79 Å². The lowest BCUT2D eigenvalue weighted by atomic mass is 9.89. The summed E-state index contributed by atoms with van der Waals surface area (Å²) in [4.78, 5) is 11.1. The third-order valence-corrected chi connectivity index (χ3v) is 4.58. The summed E-state index contributed by atoms with van der Waals surface area (Å²) >= 11 is 3.62. The lowest BCUT2D eigenvalue weighted by Crippen LogP contribution is -2.09. The summed E-state index contributed by atoms with van der Waals surface area (Å²) in [5.74, 6) is 1.07. The van der Waals surface area contributed by atoms with Crippen LogP contribution in [0, 0.1) is 5.92 Å². The summed E-state index contributed by atoms with van der Waals surface area (Å²) in [6, 6.07) is 4.09. The Balaban J connectivity index is 2.40. The Morgan fingerprint density at radius 1 is 1.45 bits per heavy atom. The largest absolute Gasteiger partial charge is 0.496 e. The van der Waals surface area contributed by atoms with Crippen LogP contribution in [0.2, 0.25) is 0 Å². The van der Waals surface area contributed by atoms with Crippen molar-refractivity contribution in [2.75, 3.05) is 7.11 Å². The third-order valence-electron chi connectivity index (χ3n) is 3.92. The molecule has 1 saturated carbocycles. The fourth-order valence-corrected chi connectivity index (χ4v) is 3.72. The van der Waals surface area contributed by atoms with Crippen molar-refractivity contribution in [1.29, 1.82) is 0 Å². The molecule has 1 fully saturated rings. The van der Waals surface area contributed by atoms with E-state index in [4.69, 9.17) is 9.84 Å². The van der Waals surface area contributed by atoms with E-state index in [1.807, 2.05) is 6.07 Å². The molecule has 0 heterocycles. The van der Waals surface area contributed by atoms with Gasteiger partial charge in [-0.1, -0.05) is 29.8 Å². The highest BCUT2D eigenvalue weighted by Gasteiger charge is 2.34. The first-order valence-electron chi connectivity index (χ1n) is 7.03. The topological polar surface area (TPSA) is 46.5 Å². The van der Waals surface area contributed by atoms with Gasteiger partial charge in [-0.3, -0.25) is 4.79 Å². The van der Waals surface area contributed by atoms with Gasteiger partial charge in [-0.15, -0.1) is 0 Å². The highest BCUT2D eigenvalue weighted by Crippen LogP contribution is 2.47. The summed E-state index contributed by atoms with van der Waals surface area (Å²) in [5.41, 5.74) is 2.21. The monoisotopic (exact) mass is 340 g/mol. The van der Waals surface area contributed by atoms with Crippen molar-refractivity contribution >= 4 is 21.9 Å². The lowest BCUT2D eigenvalue weighted by molar-refractivity contribution is -0.137. The Hall–Kier alpha value is -1.03. The fourth-order valence-electron chi connectivity index (χ4n) is 2.80. The van der Waals surface area contributed by atoms with Gasteiger partial charge in [0.15, 0.2) is 0 Å². The number of methoxy groups -OCH3 is 1. The van der Waals surface area contributed by atoms with Gasteiger partial charge in [0, 0.05) is 10.0 Å². The Morgan fingerprint density at radius 3 is 2.55 bits per heavy atom. The molecule has 20 heavy (non-hydrogen) atoms. The maximum atomic E-state index is 11.1. The molecule has 0 aliphatic heterocycles. The number of aliphatic carboxylic acids is 1.